The summed E-state index contributed by atoms with van der Waals surface area (Å²) in [6.45, 7) is 2.12. The number of hydrogen-bond acceptors (Lipinski definition) is 3. The number of ether oxygens (including phenoxy) is 1. The monoisotopic (exact) mass is 319 g/mol. The number of aryl methyl sites for hydroxylation is 1. The van der Waals surface area contributed by atoms with E-state index in [4.69, 9.17) is 4.74 Å². The average Bonchev–Trinajstić information content (AvgIpc) is 2.47. The van der Waals surface area contributed by atoms with E-state index in [-0.39, 0.29) is 18.1 Å². The minimum absolute atomic E-state index is 0.137. The number of rotatable bonds is 8. The Morgan fingerprint density at radius 3 is 2.65 bits per heavy atom. The second-order valence-corrected chi connectivity index (χ2v) is 6.45. The first kappa shape index (κ1) is 17.5. The van der Waals surface area contributed by atoms with Gasteiger partial charge in [0, 0.05) is 13.7 Å². The minimum atomic E-state index is -0.892. The van der Waals surface area contributed by atoms with Gasteiger partial charge in [0.1, 0.15) is 0 Å². The molecular formula is C18H25NO4. The first-order valence-electron chi connectivity index (χ1n) is 8.04. The summed E-state index contributed by atoms with van der Waals surface area (Å²) in [5.74, 6) is -1.65. The number of carbonyl (C=O) groups excluding carboxylic acids is 1. The van der Waals surface area contributed by atoms with Crippen molar-refractivity contribution in [3.63, 3.8) is 0 Å². The van der Waals surface area contributed by atoms with Gasteiger partial charge in [0.25, 0.3) is 0 Å². The molecule has 0 saturated heterocycles. The van der Waals surface area contributed by atoms with Crippen LogP contribution in [0.15, 0.2) is 24.3 Å². The summed E-state index contributed by atoms with van der Waals surface area (Å²) in [4.78, 5) is 23.5. The highest BCUT2D eigenvalue weighted by Crippen LogP contribution is 2.37. The molecule has 5 nitrogen and oxygen atoms in total. The fourth-order valence-electron chi connectivity index (χ4n) is 2.99. The van der Waals surface area contributed by atoms with Crippen molar-refractivity contribution in [3.8, 4) is 0 Å². The van der Waals surface area contributed by atoms with E-state index in [1.54, 1.807) is 7.11 Å². The topological polar surface area (TPSA) is 75.6 Å². The van der Waals surface area contributed by atoms with Crippen molar-refractivity contribution in [1.29, 1.82) is 0 Å². The van der Waals surface area contributed by atoms with Crippen LogP contribution in [0.1, 0.15) is 36.8 Å². The molecule has 1 saturated carbocycles. The second kappa shape index (κ2) is 7.59. The number of carboxylic acids is 1. The van der Waals surface area contributed by atoms with Gasteiger partial charge in [0.05, 0.1) is 17.9 Å². The molecule has 1 fully saturated rings. The zero-order chi connectivity index (χ0) is 16.9. The van der Waals surface area contributed by atoms with Crippen molar-refractivity contribution >= 4 is 11.9 Å². The van der Waals surface area contributed by atoms with E-state index in [0.29, 0.717) is 12.8 Å². The first-order valence-corrected chi connectivity index (χ1v) is 8.04. The molecule has 2 N–H and O–H groups in total. The minimum Gasteiger partial charge on any atom is -0.481 e. The molecule has 1 aliphatic rings. The van der Waals surface area contributed by atoms with Gasteiger partial charge in [-0.25, -0.2) is 0 Å². The third-order valence-electron chi connectivity index (χ3n) is 4.64. The Morgan fingerprint density at radius 2 is 2.13 bits per heavy atom. The second-order valence-electron chi connectivity index (χ2n) is 6.45. The van der Waals surface area contributed by atoms with E-state index in [1.165, 1.54) is 0 Å². The molecule has 0 aliphatic heterocycles. The van der Waals surface area contributed by atoms with E-state index in [9.17, 15) is 14.7 Å². The first-order chi connectivity index (χ1) is 10.9. The number of nitrogens with one attached hydrogen (secondary N) is 1. The molecule has 1 aromatic rings. The molecular weight excluding hydrogens is 294 g/mol. The molecule has 1 amide bonds. The van der Waals surface area contributed by atoms with Crippen molar-refractivity contribution in [1.82, 2.24) is 5.32 Å². The van der Waals surface area contributed by atoms with Crippen LogP contribution in [0.2, 0.25) is 0 Å². The predicted molar refractivity (Wildman–Crippen MR) is 87.2 cm³/mol. The van der Waals surface area contributed by atoms with Crippen molar-refractivity contribution in [2.24, 2.45) is 5.92 Å². The SMILES string of the molecule is COC1(CC(=O)NCC(Cc2cccc(C)c2)C(=O)O)CCC1. The number of hydrogen-bond donors (Lipinski definition) is 2. The zero-order valence-corrected chi connectivity index (χ0v) is 13.8. The average molecular weight is 319 g/mol. The molecule has 0 aromatic heterocycles. The van der Waals surface area contributed by atoms with Crippen molar-refractivity contribution in [3.05, 3.63) is 35.4 Å². The Bertz CT molecular complexity index is 560. The maximum Gasteiger partial charge on any atom is 0.308 e. The molecule has 0 bridgehead atoms. The van der Waals surface area contributed by atoms with Gasteiger partial charge in [-0.2, -0.15) is 0 Å². The van der Waals surface area contributed by atoms with Gasteiger partial charge in [-0.3, -0.25) is 9.59 Å². The van der Waals surface area contributed by atoms with Gasteiger partial charge in [-0.15, -0.1) is 0 Å². The third kappa shape index (κ3) is 4.79. The van der Waals surface area contributed by atoms with Gasteiger partial charge in [-0.05, 0) is 38.2 Å². The van der Waals surface area contributed by atoms with Crippen molar-refractivity contribution in [2.45, 2.75) is 44.6 Å². The Hall–Kier alpha value is -1.88. The molecule has 0 heterocycles. The molecule has 1 aliphatic carbocycles. The van der Waals surface area contributed by atoms with Crippen LogP contribution >= 0.6 is 0 Å². The number of amides is 1. The van der Waals surface area contributed by atoms with E-state index in [2.05, 4.69) is 5.32 Å². The van der Waals surface area contributed by atoms with Crippen LogP contribution < -0.4 is 5.32 Å². The maximum atomic E-state index is 12.1. The van der Waals surface area contributed by atoms with Gasteiger partial charge >= 0.3 is 5.97 Å². The lowest BCUT2D eigenvalue weighted by Crippen LogP contribution is -2.45. The van der Waals surface area contributed by atoms with Gasteiger partial charge in [0.15, 0.2) is 0 Å². The molecule has 1 atom stereocenters. The highest BCUT2D eigenvalue weighted by Gasteiger charge is 2.39. The van der Waals surface area contributed by atoms with Crippen molar-refractivity contribution < 1.29 is 19.4 Å². The summed E-state index contributed by atoms with van der Waals surface area (Å²) in [6.07, 6.45) is 3.57. The van der Waals surface area contributed by atoms with Gasteiger partial charge < -0.3 is 15.2 Å². The highest BCUT2D eigenvalue weighted by atomic mass is 16.5. The largest absolute Gasteiger partial charge is 0.481 e. The molecule has 126 valence electrons. The number of methoxy groups -OCH3 is 1. The summed E-state index contributed by atoms with van der Waals surface area (Å²) >= 11 is 0. The maximum absolute atomic E-state index is 12.1. The van der Waals surface area contributed by atoms with Gasteiger partial charge in [0.2, 0.25) is 5.91 Å². The molecule has 1 unspecified atom stereocenters. The Labute approximate surface area is 137 Å². The zero-order valence-electron chi connectivity index (χ0n) is 13.8. The van der Waals surface area contributed by atoms with Crippen LogP contribution in [0.3, 0.4) is 0 Å². The van der Waals surface area contributed by atoms with Crippen LogP contribution in [0.5, 0.6) is 0 Å². The third-order valence-corrected chi connectivity index (χ3v) is 4.64. The van der Waals surface area contributed by atoms with Crippen LogP contribution in [0.25, 0.3) is 0 Å². The van der Waals surface area contributed by atoms with Crippen molar-refractivity contribution in [2.75, 3.05) is 13.7 Å². The van der Waals surface area contributed by atoms with Crippen LogP contribution in [-0.4, -0.2) is 36.2 Å². The quantitative estimate of drug-likeness (QED) is 0.771. The van der Waals surface area contributed by atoms with Gasteiger partial charge in [-0.1, -0.05) is 29.8 Å². The molecule has 0 spiro atoms. The fourth-order valence-corrected chi connectivity index (χ4v) is 2.99. The standard InChI is InChI=1S/C18H25NO4/c1-13-5-3-6-14(9-13)10-15(17(21)22)12-19-16(20)11-18(23-2)7-4-8-18/h3,5-6,9,15H,4,7-8,10-12H2,1-2H3,(H,19,20)(H,21,22). The smallest absolute Gasteiger partial charge is 0.308 e. The van der Waals surface area contributed by atoms with E-state index < -0.39 is 11.9 Å². The number of carbonyl (C=O) groups is 2. The summed E-state index contributed by atoms with van der Waals surface area (Å²) in [7, 11) is 1.63. The number of aliphatic carboxylic acids is 1. The van der Waals surface area contributed by atoms with E-state index in [0.717, 1.165) is 30.4 Å². The van der Waals surface area contributed by atoms with Crippen LogP contribution in [-0.2, 0) is 20.7 Å². The number of carboxylic acid groups (broad SMARTS) is 1. The lowest BCUT2D eigenvalue weighted by Gasteiger charge is -2.40. The molecule has 1 aromatic carbocycles. The fraction of sp³-hybridized carbons (Fsp3) is 0.556. The summed E-state index contributed by atoms with van der Waals surface area (Å²) in [5.41, 5.74) is 1.74. The summed E-state index contributed by atoms with van der Waals surface area (Å²) in [5, 5.41) is 12.1. The molecule has 2 rings (SSSR count). The Kier molecular flexibility index (Phi) is 5.77. The lowest BCUT2D eigenvalue weighted by molar-refractivity contribution is -0.142. The highest BCUT2D eigenvalue weighted by molar-refractivity contribution is 5.78. The molecule has 0 radical (unpaired) electrons. The molecule has 23 heavy (non-hydrogen) atoms. The van der Waals surface area contributed by atoms with E-state index >= 15 is 0 Å². The van der Waals surface area contributed by atoms with Crippen LogP contribution in [0, 0.1) is 12.8 Å². The Balaban J connectivity index is 1.87. The van der Waals surface area contributed by atoms with Crippen LogP contribution in [0.4, 0.5) is 0 Å². The molecule has 5 heteroatoms. The summed E-state index contributed by atoms with van der Waals surface area (Å²) < 4.78 is 5.43. The lowest BCUT2D eigenvalue weighted by atomic mass is 9.77. The predicted octanol–water partition coefficient (Wildman–Crippen LogP) is 2.31. The number of benzene rings is 1. The van der Waals surface area contributed by atoms with E-state index in [1.807, 2.05) is 31.2 Å². The summed E-state index contributed by atoms with van der Waals surface area (Å²) in [6, 6.07) is 7.79. The Morgan fingerprint density at radius 1 is 1.39 bits per heavy atom. The normalized spacial score (nSPS) is 17.1.